The van der Waals surface area contributed by atoms with Crippen LogP contribution in [0.5, 0.6) is 0 Å². The maximum Gasteiger partial charge on any atom is 0.326 e. The molecule has 0 radical (unpaired) electrons. The predicted molar refractivity (Wildman–Crippen MR) is 91.1 cm³/mol. The van der Waals surface area contributed by atoms with Crippen molar-refractivity contribution in [2.75, 3.05) is 30.4 Å². The van der Waals surface area contributed by atoms with Gasteiger partial charge in [-0.05, 0) is 30.7 Å². The first-order valence-electron chi connectivity index (χ1n) is 7.16. The third kappa shape index (κ3) is 4.92. The largest absolute Gasteiger partial charge is 0.454 e. The Labute approximate surface area is 144 Å². The molecule has 0 aliphatic carbocycles. The summed E-state index contributed by atoms with van der Waals surface area (Å²) in [6, 6.07) is 6.86. The van der Waals surface area contributed by atoms with Gasteiger partial charge in [0, 0.05) is 30.2 Å². The fourth-order valence-corrected chi connectivity index (χ4v) is 2.05. The number of likely N-dealkylation sites (N-methyl/N-ethyl adjacent to an activating group) is 1. The van der Waals surface area contributed by atoms with Crippen molar-refractivity contribution in [1.29, 1.82) is 0 Å². The van der Waals surface area contributed by atoms with E-state index in [4.69, 9.17) is 16.3 Å². The number of hydrogen-bond acceptors (Lipinski definition) is 6. The summed E-state index contributed by atoms with van der Waals surface area (Å²) in [4.78, 5) is 33.2. The van der Waals surface area contributed by atoms with Crippen LogP contribution >= 0.6 is 11.6 Å². The van der Waals surface area contributed by atoms with Crippen molar-refractivity contribution in [3.8, 4) is 0 Å². The van der Waals surface area contributed by atoms with Gasteiger partial charge in [0.05, 0.1) is 0 Å². The maximum atomic E-state index is 11.9. The van der Waals surface area contributed by atoms with E-state index in [1.165, 1.54) is 4.90 Å². The van der Waals surface area contributed by atoms with E-state index < -0.39 is 11.9 Å². The topological polar surface area (TPSA) is 84.4 Å². The molecular formula is C16H17ClN4O3. The Kier molecular flexibility index (Phi) is 6.08. The molecule has 0 saturated carbocycles. The van der Waals surface area contributed by atoms with Crippen LogP contribution in [0.3, 0.4) is 0 Å². The monoisotopic (exact) mass is 348 g/mol. The highest BCUT2D eigenvalue weighted by atomic mass is 35.5. The third-order valence-electron chi connectivity index (χ3n) is 3.17. The molecule has 0 spiro atoms. The van der Waals surface area contributed by atoms with Crippen molar-refractivity contribution in [3.63, 3.8) is 0 Å². The van der Waals surface area contributed by atoms with Crippen LogP contribution in [0.25, 0.3) is 0 Å². The quantitative estimate of drug-likeness (QED) is 0.804. The Hall–Kier alpha value is -2.67. The molecule has 1 N–H and O–H groups in total. The van der Waals surface area contributed by atoms with Crippen LogP contribution in [0.1, 0.15) is 5.56 Å². The van der Waals surface area contributed by atoms with Gasteiger partial charge in [0.25, 0.3) is 5.91 Å². The van der Waals surface area contributed by atoms with Crippen LogP contribution in [0, 0.1) is 6.92 Å². The summed E-state index contributed by atoms with van der Waals surface area (Å²) in [5.74, 6) is -0.594. The molecule has 1 heterocycles. The zero-order valence-electron chi connectivity index (χ0n) is 13.3. The van der Waals surface area contributed by atoms with Crippen LogP contribution in [0.4, 0.5) is 11.6 Å². The number of esters is 1. The molecule has 8 heteroatoms. The van der Waals surface area contributed by atoms with Gasteiger partial charge in [0.2, 0.25) is 5.95 Å². The lowest BCUT2D eigenvalue weighted by Gasteiger charge is -2.15. The van der Waals surface area contributed by atoms with Gasteiger partial charge in [0.1, 0.15) is 6.54 Å². The summed E-state index contributed by atoms with van der Waals surface area (Å²) >= 11 is 5.99. The predicted octanol–water partition coefficient (Wildman–Crippen LogP) is 2.06. The minimum atomic E-state index is -0.553. The van der Waals surface area contributed by atoms with Crippen molar-refractivity contribution in [2.45, 2.75) is 6.92 Å². The zero-order chi connectivity index (χ0) is 17.5. The molecule has 1 aromatic carbocycles. The first-order chi connectivity index (χ1) is 11.5. The Morgan fingerprint density at radius 2 is 1.96 bits per heavy atom. The minimum absolute atomic E-state index is 0.0620. The number of carbonyl (C=O) groups is 2. The summed E-state index contributed by atoms with van der Waals surface area (Å²) in [6.45, 7) is 1.35. The Bertz CT molecular complexity index is 725. The molecule has 0 aliphatic rings. The van der Waals surface area contributed by atoms with E-state index in [0.717, 1.165) is 5.56 Å². The van der Waals surface area contributed by atoms with Crippen LogP contribution in [0.15, 0.2) is 36.7 Å². The van der Waals surface area contributed by atoms with Crippen molar-refractivity contribution in [1.82, 2.24) is 9.97 Å². The van der Waals surface area contributed by atoms with Gasteiger partial charge in [-0.15, -0.1) is 0 Å². The second-order valence-corrected chi connectivity index (χ2v) is 5.43. The smallest absolute Gasteiger partial charge is 0.326 e. The van der Waals surface area contributed by atoms with Crippen LogP contribution in [0.2, 0.25) is 5.02 Å². The number of aromatic nitrogens is 2. The molecule has 1 aromatic heterocycles. The SMILES string of the molecule is Cc1c(Cl)cccc1NC(=O)COC(=O)CN(C)c1ncccn1. The summed E-state index contributed by atoms with van der Waals surface area (Å²) < 4.78 is 4.96. The molecule has 7 nitrogen and oxygen atoms in total. The molecule has 2 rings (SSSR count). The molecule has 24 heavy (non-hydrogen) atoms. The average molecular weight is 349 g/mol. The highest BCUT2D eigenvalue weighted by molar-refractivity contribution is 6.31. The molecule has 126 valence electrons. The number of benzene rings is 1. The van der Waals surface area contributed by atoms with Gasteiger partial charge in [-0.2, -0.15) is 0 Å². The average Bonchev–Trinajstić information content (AvgIpc) is 2.58. The number of carbonyl (C=O) groups excluding carboxylic acids is 2. The van der Waals surface area contributed by atoms with Gasteiger partial charge in [0.15, 0.2) is 6.61 Å². The van der Waals surface area contributed by atoms with Crippen molar-refractivity contribution in [3.05, 3.63) is 47.2 Å². The molecule has 0 unspecified atom stereocenters. The summed E-state index contributed by atoms with van der Waals surface area (Å²) in [7, 11) is 1.66. The maximum absolute atomic E-state index is 11.9. The lowest BCUT2D eigenvalue weighted by molar-refractivity contribution is -0.145. The molecule has 0 bridgehead atoms. The number of ether oxygens (including phenoxy) is 1. The number of amides is 1. The second-order valence-electron chi connectivity index (χ2n) is 5.03. The van der Waals surface area contributed by atoms with Gasteiger partial charge < -0.3 is 15.0 Å². The summed E-state index contributed by atoms with van der Waals surface area (Å²) in [6.07, 6.45) is 3.15. The first kappa shape index (κ1) is 17.7. The van der Waals surface area contributed by atoms with Gasteiger partial charge in [-0.25, -0.2) is 9.97 Å². The third-order valence-corrected chi connectivity index (χ3v) is 3.58. The summed E-state index contributed by atoms with van der Waals surface area (Å²) in [5, 5.41) is 3.20. The lowest BCUT2D eigenvalue weighted by atomic mass is 10.2. The van der Waals surface area contributed by atoms with E-state index in [1.807, 2.05) is 0 Å². The van der Waals surface area contributed by atoms with E-state index in [1.54, 1.807) is 50.6 Å². The summed E-state index contributed by atoms with van der Waals surface area (Å²) in [5.41, 5.74) is 1.33. The number of rotatable bonds is 6. The molecule has 0 saturated heterocycles. The van der Waals surface area contributed by atoms with E-state index in [9.17, 15) is 9.59 Å². The van der Waals surface area contributed by atoms with Gasteiger partial charge in [-0.1, -0.05) is 17.7 Å². The second kappa shape index (κ2) is 8.26. The standard InChI is InChI=1S/C16H17ClN4O3/c1-11-12(17)5-3-6-13(11)20-14(22)10-24-15(23)9-21(2)16-18-7-4-8-19-16/h3-8H,9-10H2,1-2H3,(H,20,22). The van der Waals surface area contributed by atoms with Crippen LogP contribution in [-0.4, -0.2) is 42.0 Å². The zero-order valence-corrected chi connectivity index (χ0v) is 14.1. The van der Waals surface area contributed by atoms with Crippen molar-refractivity contribution < 1.29 is 14.3 Å². The molecule has 2 aromatic rings. The van der Waals surface area contributed by atoms with Crippen molar-refractivity contribution >= 4 is 35.1 Å². The van der Waals surface area contributed by atoms with E-state index in [2.05, 4.69) is 15.3 Å². The molecular weight excluding hydrogens is 332 g/mol. The molecule has 0 atom stereocenters. The number of anilines is 2. The molecule has 0 aliphatic heterocycles. The Morgan fingerprint density at radius 1 is 1.25 bits per heavy atom. The van der Waals surface area contributed by atoms with Gasteiger partial charge in [-0.3, -0.25) is 9.59 Å². The lowest BCUT2D eigenvalue weighted by Crippen LogP contribution is -2.30. The minimum Gasteiger partial charge on any atom is -0.454 e. The normalized spacial score (nSPS) is 10.1. The number of nitrogens with one attached hydrogen (secondary N) is 1. The molecule has 1 amide bonds. The van der Waals surface area contributed by atoms with Crippen LogP contribution < -0.4 is 10.2 Å². The number of hydrogen-bond donors (Lipinski definition) is 1. The highest BCUT2D eigenvalue weighted by Crippen LogP contribution is 2.22. The van der Waals surface area contributed by atoms with Crippen molar-refractivity contribution in [2.24, 2.45) is 0 Å². The first-order valence-corrected chi connectivity index (χ1v) is 7.54. The number of nitrogens with zero attached hydrogens (tertiary/aromatic N) is 3. The number of halogens is 1. The highest BCUT2D eigenvalue weighted by Gasteiger charge is 2.13. The fourth-order valence-electron chi connectivity index (χ4n) is 1.87. The van der Waals surface area contributed by atoms with E-state index in [-0.39, 0.29) is 13.2 Å². The van der Waals surface area contributed by atoms with E-state index >= 15 is 0 Å². The Balaban J connectivity index is 1.81. The fraction of sp³-hybridized carbons (Fsp3) is 0.250. The van der Waals surface area contributed by atoms with Crippen LogP contribution in [-0.2, 0) is 14.3 Å². The van der Waals surface area contributed by atoms with Gasteiger partial charge >= 0.3 is 5.97 Å². The van der Waals surface area contributed by atoms with E-state index in [0.29, 0.717) is 16.7 Å². The Morgan fingerprint density at radius 3 is 2.67 bits per heavy atom. The molecule has 0 fully saturated rings.